The summed E-state index contributed by atoms with van der Waals surface area (Å²) >= 11 is 6.69. The topological polar surface area (TPSA) is 78.6 Å². The van der Waals surface area contributed by atoms with E-state index >= 15 is 0 Å². The van der Waals surface area contributed by atoms with Gasteiger partial charge in [0.05, 0.1) is 22.8 Å². The molecule has 0 spiro atoms. The molecule has 0 aliphatic carbocycles. The van der Waals surface area contributed by atoms with Gasteiger partial charge in [0.2, 0.25) is 5.91 Å². The number of benzene rings is 3. The van der Waals surface area contributed by atoms with E-state index in [2.05, 4.69) is 15.4 Å². The van der Waals surface area contributed by atoms with E-state index in [1.165, 1.54) is 0 Å². The third-order valence-corrected chi connectivity index (χ3v) is 7.91. The zero-order valence-corrected chi connectivity index (χ0v) is 22.4. The minimum atomic E-state index is -1.06. The number of hydrogen-bond donors (Lipinski definition) is 2. The zero-order valence-electron chi connectivity index (χ0n) is 21.7. The van der Waals surface area contributed by atoms with Crippen molar-refractivity contribution in [1.82, 2.24) is 5.16 Å². The van der Waals surface area contributed by atoms with Crippen LogP contribution in [-0.4, -0.2) is 29.3 Å². The maximum absolute atomic E-state index is 12.6. The molecule has 6 nitrogen and oxygen atoms in total. The molecular weight excluding hydrogens is 498 g/mol. The summed E-state index contributed by atoms with van der Waals surface area (Å²) in [5.74, 6) is 0.566. The second kappa shape index (κ2) is 11.0. The third-order valence-electron chi connectivity index (χ3n) is 7.60. The fourth-order valence-corrected chi connectivity index (χ4v) is 5.82. The molecule has 1 aromatic heterocycles. The molecule has 1 saturated heterocycles. The Labute approximate surface area is 228 Å². The summed E-state index contributed by atoms with van der Waals surface area (Å²) in [6.07, 6.45) is 1.82. The van der Waals surface area contributed by atoms with Gasteiger partial charge in [0, 0.05) is 24.3 Å². The first-order chi connectivity index (χ1) is 18.4. The SMILES string of the molecule is Cc1noc(C)c1CC(=O)Nc1ccc(N2CCC(C(O)(c3ccccc3)c3ccccc3)CC2)c(Cl)c1. The van der Waals surface area contributed by atoms with Gasteiger partial charge < -0.3 is 19.8 Å². The lowest BCUT2D eigenvalue weighted by Crippen LogP contribution is -2.44. The summed E-state index contributed by atoms with van der Waals surface area (Å²) in [5, 5.41) is 19.6. The molecule has 3 aromatic carbocycles. The first-order valence-corrected chi connectivity index (χ1v) is 13.3. The van der Waals surface area contributed by atoms with Crippen molar-refractivity contribution >= 4 is 28.9 Å². The van der Waals surface area contributed by atoms with E-state index in [9.17, 15) is 9.90 Å². The van der Waals surface area contributed by atoms with E-state index in [0.29, 0.717) is 16.5 Å². The number of nitrogens with zero attached hydrogens (tertiary/aromatic N) is 2. The molecule has 38 heavy (non-hydrogen) atoms. The molecule has 0 saturated carbocycles. The normalized spacial score (nSPS) is 14.5. The van der Waals surface area contributed by atoms with E-state index < -0.39 is 5.60 Å². The smallest absolute Gasteiger partial charge is 0.229 e. The molecule has 1 aliphatic heterocycles. The van der Waals surface area contributed by atoms with Crippen LogP contribution in [0.25, 0.3) is 0 Å². The second-order valence-electron chi connectivity index (χ2n) is 9.95. The fraction of sp³-hybridized carbons (Fsp3) is 0.290. The lowest BCUT2D eigenvalue weighted by molar-refractivity contribution is -0.115. The molecule has 2 N–H and O–H groups in total. The Kier molecular flexibility index (Phi) is 7.54. The van der Waals surface area contributed by atoms with Crippen LogP contribution in [0, 0.1) is 19.8 Å². The minimum Gasteiger partial charge on any atom is -0.380 e. The summed E-state index contributed by atoms with van der Waals surface area (Å²) < 4.78 is 5.15. The van der Waals surface area contributed by atoms with Gasteiger partial charge in [-0.3, -0.25) is 4.79 Å². The third kappa shape index (κ3) is 5.19. The van der Waals surface area contributed by atoms with Crippen molar-refractivity contribution in [3.8, 4) is 0 Å². The highest BCUT2D eigenvalue weighted by atomic mass is 35.5. The largest absolute Gasteiger partial charge is 0.380 e. The predicted octanol–water partition coefficient (Wildman–Crippen LogP) is 6.28. The average Bonchev–Trinajstić information content (AvgIpc) is 3.26. The number of carbonyl (C=O) groups is 1. The molecular formula is C31H32ClN3O3. The number of halogens is 1. The number of aromatic nitrogens is 1. The van der Waals surface area contributed by atoms with Crippen LogP contribution >= 0.6 is 11.6 Å². The number of anilines is 2. The first kappa shape index (κ1) is 26.0. The quantitative estimate of drug-likeness (QED) is 0.294. The Morgan fingerprint density at radius 1 is 1.03 bits per heavy atom. The maximum Gasteiger partial charge on any atom is 0.229 e. The van der Waals surface area contributed by atoms with E-state index in [0.717, 1.165) is 54.0 Å². The first-order valence-electron chi connectivity index (χ1n) is 13.0. The van der Waals surface area contributed by atoms with Gasteiger partial charge in [0.1, 0.15) is 11.4 Å². The fourth-order valence-electron chi connectivity index (χ4n) is 5.52. The highest BCUT2D eigenvalue weighted by Crippen LogP contribution is 2.43. The lowest BCUT2D eigenvalue weighted by Gasteiger charge is -2.43. The van der Waals surface area contributed by atoms with Gasteiger partial charge in [-0.2, -0.15) is 0 Å². The summed E-state index contributed by atoms with van der Waals surface area (Å²) in [5.41, 5.74) is 3.87. The molecule has 2 heterocycles. The Morgan fingerprint density at radius 2 is 1.63 bits per heavy atom. The van der Waals surface area contributed by atoms with Crippen LogP contribution in [0.15, 0.2) is 83.4 Å². The maximum atomic E-state index is 12.6. The van der Waals surface area contributed by atoms with Crippen molar-refractivity contribution in [2.75, 3.05) is 23.3 Å². The van der Waals surface area contributed by atoms with Crippen LogP contribution in [-0.2, 0) is 16.8 Å². The predicted molar refractivity (Wildman–Crippen MR) is 151 cm³/mol. The van der Waals surface area contributed by atoms with Crippen molar-refractivity contribution in [3.05, 3.63) is 112 Å². The van der Waals surface area contributed by atoms with E-state index in [1.807, 2.05) is 79.7 Å². The number of rotatable bonds is 7. The van der Waals surface area contributed by atoms with Gasteiger partial charge in [0.25, 0.3) is 0 Å². The van der Waals surface area contributed by atoms with Gasteiger partial charge in [-0.15, -0.1) is 0 Å². The number of nitrogens with one attached hydrogen (secondary N) is 1. The average molecular weight is 530 g/mol. The molecule has 1 amide bonds. The molecule has 196 valence electrons. The molecule has 1 fully saturated rings. The molecule has 0 bridgehead atoms. The molecule has 0 radical (unpaired) electrons. The summed E-state index contributed by atoms with van der Waals surface area (Å²) in [6, 6.07) is 25.5. The highest BCUT2D eigenvalue weighted by molar-refractivity contribution is 6.33. The highest BCUT2D eigenvalue weighted by Gasteiger charge is 2.41. The number of piperidine rings is 1. The van der Waals surface area contributed by atoms with Crippen molar-refractivity contribution in [2.45, 2.75) is 38.7 Å². The Bertz CT molecular complexity index is 1340. The van der Waals surface area contributed by atoms with Crippen LogP contribution < -0.4 is 10.2 Å². The minimum absolute atomic E-state index is 0.0604. The van der Waals surface area contributed by atoms with Gasteiger partial charge in [0.15, 0.2) is 0 Å². The standard InChI is InChI=1S/C31H32ClN3O3/c1-21-27(22(2)38-34-21)20-30(36)33-26-13-14-29(28(32)19-26)35-17-15-25(16-18-35)31(37,23-9-5-3-6-10-23)24-11-7-4-8-12-24/h3-14,19,25,37H,15-18,20H2,1-2H3,(H,33,36). The Morgan fingerprint density at radius 3 is 2.16 bits per heavy atom. The van der Waals surface area contributed by atoms with E-state index in [-0.39, 0.29) is 18.2 Å². The van der Waals surface area contributed by atoms with Crippen molar-refractivity contribution in [1.29, 1.82) is 0 Å². The molecule has 5 rings (SSSR count). The number of amides is 1. The molecule has 1 aliphatic rings. The number of aliphatic hydroxyl groups is 1. The van der Waals surface area contributed by atoms with Crippen LogP contribution in [0.2, 0.25) is 5.02 Å². The molecule has 7 heteroatoms. The van der Waals surface area contributed by atoms with E-state index in [1.54, 1.807) is 13.0 Å². The molecule has 0 unspecified atom stereocenters. The van der Waals surface area contributed by atoms with Gasteiger partial charge in [-0.25, -0.2) is 0 Å². The summed E-state index contributed by atoms with van der Waals surface area (Å²) in [6.45, 7) is 5.17. The number of aryl methyl sites for hydroxylation is 2. The van der Waals surface area contributed by atoms with Crippen molar-refractivity contribution in [3.63, 3.8) is 0 Å². The molecule has 4 aromatic rings. The summed E-state index contributed by atoms with van der Waals surface area (Å²) in [4.78, 5) is 14.8. The molecule has 0 atom stereocenters. The Balaban J connectivity index is 1.27. The van der Waals surface area contributed by atoms with Crippen LogP contribution in [0.4, 0.5) is 11.4 Å². The van der Waals surface area contributed by atoms with Crippen LogP contribution in [0.5, 0.6) is 0 Å². The van der Waals surface area contributed by atoms with Gasteiger partial charge in [-0.1, -0.05) is 77.4 Å². The van der Waals surface area contributed by atoms with Crippen molar-refractivity contribution in [2.24, 2.45) is 5.92 Å². The number of hydrogen-bond acceptors (Lipinski definition) is 5. The monoisotopic (exact) mass is 529 g/mol. The van der Waals surface area contributed by atoms with Gasteiger partial charge >= 0.3 is 0 Å². The van der Waals surface area contributed by atoms with Gasteiger partial charge in [-0.05, 0) is 61.9 Å². The van der Waals surface area contributed by atoms with Crippen molar-refractivity contribution < 1.29 is 14.4 Å². The second-order valence-corrected chi connectivity index (χ2v) is 10.4. The Hall–Kier alpha value is -3.61. The van der Waals surface area contributed by atoms with E-state index in [4.69, 9.17) is 16.1 Å². The summed E-state index contributed by atoms with van der Waals surface area (Å²) in [7, 11) is 0. The zero-order chi connectivity index (χ0) is 26.7. The lowest BCUT2D eigenvalue weighted by atomic mass is 9.72. The van der Waals surface area contributed by atoms with Crippen LogP contribution in [0.1, 0.15) is 41.0 Å². The van der Waals surface area contributed by atoms with Crippen LogP contribution in [0.3, 0.4) is 0 Å². The number of carbonyl (C=O) groups excluding carboxylic acids is 1.